The van der Waals surface area contributed by atoms with Crippen LogP contribution in [-0.4, -0.2) is 10.9 Å². The van der Waals surface area contributed by atoms with Crippen molar-refractivity contribution in [2.75, 3.05) is 0 Å². The summed E-state index contributed by atoms with van der Waals surface area (Å²) in [6.45, 7) is 0. The molecular weight excluding hydrogens is 283 g/mol. The van der Waals surface area contributed by atoms with Gasteiger partial charge in [0.1, 0.15) is 5.78 Å². The molecule has 0 heterocycles. The summed E-state index contributed by atoms with van der Waals surface area (Å²) in [6.07, 6.45) is 6.77. The Labute approximate surface area is 123 Å². The molecule has 1 aromatic rings. The van der Waals surface area contributed by atoms with Crippen molar-refractivity contribution in [3.8, 4) is 5.75 Å². The Bertz CT molecular complexity index is 448. The van der Waals surface area contributed by atoms with E-state index in [2.05, 4.69) is 0 Å². The highest BCUT2D eigenvalue weighted by atomic mass is 35.5. The summed E-state index contributed by atoms with van der Waals surface area (Å²) >= 11 is 11.8. The van der Waals surface area contributed by atoms with Gasteiger partial charge in [0.05, 0.1) is 10.0 Å². The molecule has 0 radical (unpaired) electrons. The smallest absolute Gasteiger partial charge is 0.152 e. The number of phenolic OH excluding ortho intramolecular Hbond substituents is 1. The van der Waals surface area contributed by atoms with Crippen molar-refractivity contribution in [1.29, 1.82) is 0 Å². The van der Waals surface area contributed by atoms with Crippen LogP contribution in [0.2, 0.25) is 10.0 Å². The van der Waals surface area contributed by atoms with Gasteiger partial charge in [0.15, 0.2) is 5.75 Å². The predicted molar refractivity (Wildman–Crippen MR) is 78.0 cm³/mol. The SMILES string of the molecule is O=C1CCCCCCC1Cc1cc(Cl)c(O)c(Cl)c1. The van der Waals surface area contributed by atoms with E-state index in [1.165, 1.54) is 6.42 Å². The summed E-state index contributed by atoms with van der Waals surface area (Å²) < 4.78 is 0. The summed E-state index contributed by atoms with van der Waals surface area (Å²) in [4.78, 5) is 12.1. The molecule has 0 amide bonds. The fourth-order valence-corrected chi connectivity index (χ4v) is 3.18. The molecule has 104 valence electrons. The van der Waals surface area contributed by atoms with E-state index in [-0.39, 0.29) is 21.7 Å². The van der Waals surface area contributed by atoms with Crippen molar-refractivity contribution in [3.63, 3.8) is 0 Å². The van der Waals surface area contributed by atoms with Gasteiger partial charge in [-0.3, -0.25) is 4.79 Å². The number of aromatic hydroxyl groups is 1. The maximum atomic E-state index is 12.1. The molecule has 0 aliphatic heterocycles. The van der Waals surface area contributed by atoms with Crippen molar-refractivity contribution in [2.45, 2.75) is 44.9 Å². The van der Waals surface area contributed by atoms with Crippen LogP contribution in [-0.2, 0) is 11.2 Å². The van der Waals surface area contributed by atoms with Crippen LogP contribution in [0, 0.1) is 5.92 Å². The highest BCUT2D eigenvalue weighted by molar-refractivity contribution is 6.37. The minimum absolute atomic E-state index is 0.0666. The number of ketones is 1. The molecular formula is C15H18Cl2O2. The maximum Gasteiger partial charge on any atom is 0.152 e. The van der Waals surface area contributed by atoms with E-state index < -0.39 is 0 Å². The molecule has 19 heavy (non-hydrogen) atoms. The Morgan fingerprint density at radius 3 is 2.42 bits per heavy atom. The quantitative estimate of drug-likeness (QED) is 0.853. The second-order valence-electron chi connectivity index (χ2n) is 5.23. The lowest BCUT2D eigenvalue weighted by molar-refractivity contribution is -0.123. The van der Waals surface area contributed by atoms with Gasteiger partial charge in [0, 0.05) is 12.3 Å². The highest BCUT2D eigenvalue weighted by Crippen LogP contribution is 2.34. The van der Waals surface area contributed by atoms with Crippen molar-refractivity contribution < 1.29 is 9.90 Å². The summed E-state index contributed by atoms with van der Waals surface area (Å²) in [5.41, 5.74) is 0.923. The lowest BCUT2D eigenvalue weighted by Crippen LogP contribution is -2.18. The van der Waals surface area contributed by atoms with E-state index in [1.807, 2.05) is 0 Å². The zero-order chi connectivity index (χ0) is 13.8. The van der Waals surface area contributed by atoms with Crippen molar-refractivity contribution in [3.05, 3.63) is 27.7 Å². The molecule has 0 spiro atoms. The van der Waals surface area contributed by atoms with Crippen LogP contribution in [0.25, 0.3) is 0 Å². The topological polar surface area (TPSA) is 37.3 Å². The maximum absolute atomic E-state index is 12.1. The molecule has 0 aromatic heterocycles. The van der Waals surface area contributed by atoms with Crippen LogP contribution in [0.3, 0.4) is 0 Å². The molecule has 1 unspecified atom stereocenters. The Kier molecular flexibility index (Phi) is 5.12. The Hall–Kier alpha value is -0.730. The number of hydrogen-bond acceptors (Lipinski definition) is 2. The van der Waals surface area contributed by atoms with Gasteiger partial charge < -0.3 is 5.11 Å². The molecule has 2 rings (SSSR count). The number of carbonyl (C=O) groups excluding carboxylic acids is 1. The number of halogens is 2. The lowest BCUT2D eigenvalue weighted by Gasteiger charge is -2.19. The molecule has 0 bridgehead atoms. The fraction of sp³-hybridized carbons (Fsp3) is 0.533. The van der Waals surface area contributed by atoms with Gasteiger partial charge in [0.25, 0.3) is 0 Å². The Morgan fingerprint density at radius 1 is 1.11 bits per heavy atom. The van der Waals surface area contributed by atoms with Gasteiger partial charge >= 0.3 is 0 Å². The van der Waals surface area contributed by atoms with Gasteiger partial charge in [-0.25, -0.2) is 0 Å². The lowest BCUT2D eigenvalue weighted by atomic mass is 9.85. The molecule has 4 heteroatoms. The zero-order valence-corrected chi connectivity index (χ0v) is 12.3. The van der Waals surface area contributed by atoms with E-state index in [9.17, 15) is 9.90 Å². The van der Waals surface area contributed by atoms with Gasteiger partial charge in [-0.05, 0) is 37.0 Å². The highest BCUT2D eigenvalue weighted by Gasteiger charge is 2.21. The average molecular weight is 301 g/mol. The Morgan fingerprint density at radius 2 is 1.74 bits per heavy atom. The summed E-state index contributed by atoms with van der Waals surface area (Å²) in [6, 6.07) is 3.41. The van der Waals surface area contributed by atoms with Crippen LogP contribution < -0.4 is 0 Å². The summed E-state index contributed by atoms with van der Waals surface area (Å²) in [5.74, 6) is 0.327. The number of carbonyl (C=O) groups is 1. The molecule has 1 N–H and O–H groups in total. The monoisotopic (exact) mass is 300 g/mol. The van der Waals surface area contributed by atoms with Crippen molar-refractivity contribution >= 4 is 29.0 Å². The molecule has 1 atom stereocenters. The Balaban J connectivity index is 2.12. The minimum Gasteiger partial charge on any atom is -0.505 e. The van der Waals surface area contributed by atoms with E-state index in [0.717, 1.165) is 31.2 Å². The normalized spacial score (nSPS) is 20.9. The summed E-state index contributed by atoms with van der Waals surface area (Å²) in [5, 5.41) is 10.0. The van der Waals surface area contributed by atoms with E-state index >= 15 is 0 Å². The molecule has 1 aromatic carbocycles. The fourth-order valence-electron chi connectivity index (χ4n) is 2.64. The van der Waals surface area contributed by atoms with Gasteiger partial charge in [-0.2, -0.15) is 0 Å². The average Bonchev–Trinajstić information content (AvgIpc) is 2.35. The van der Waals surface area contributed by atoms with Crippen LogP contribution in [0.5, 0.6) is 5.75 Å². The van der Waals surface area contributed by atoms with Crippen LogP contribution in [0.4, 0.5) is 0 Å². The second kappa shape index (κ2) is 6.62. The largest absolute Gasteiger partial charge is 0.505 e. The van der Waals surface area contributed by atoms with E-state index in [1.54, 1.807) is 12.1 Å². The first-order valence-corrected chi connectivity index (χ1v) is 7.53. The van der Waals surface area contributed by atoms with Gasteiger partial charge in [-0.15, -0.1) is 0 Å². The zero-order valence-electron chi connectivity index (χ0n) is 10.8. The first-order chi connectivity index (χ1) is 9.08. The number of phenols is 1. The molecule has 1 aliphatic rings. The van der Waals surface area contributed by atoms with E-state index in [0.29, 0.717) is 18.6 Å². The second-order valence-corrected chi connectivity index (χ2v) is 6.04. The molecule has 1 fully saturated rings. The molecule has 0 saturated heterocycles. The standard InChI is InChI=1S/C15H18Cl2O2/c16-12-8-10(9-13(17)15(12)19)7-11-5-3-1-2-4-6-14(11)18/h8-9,11,19H,1-7H2. The van der Waals surface area contributed by atoms with Crippen molar-refractivity contribution in [1.82, 2.24) is 0 Å². The molecule has 2 nitrogen and oxygen atoms in total. The third-order valence-corrected chi connectivity index (χ3v) is 4.32. The van der Waals surface area contributed by atoms with E-state index in [4.69, 9.17) is 23.2 Å². The number of Topliss-reactive ketones (excluding diaryl/α,β-unsaturated/α-hetero) is 1. The summed E-state index contributed by atoms with van der Waals surface area (Å²) in [7, 11) is 0. The van der Waals surface area contributed by atoms with Crippen LogP contribution >= 0.6 is 23.2 Å². The van der Waals surface area contributed by atoms with Crippen LogP contribution in [0.15, 0.2) is 12.1 Å². The third kappa shape index (κ3) is 3.87. The van der Waals surface area contributed by atoms with Crippen LogP contribution in [0.1, 0.15) is 44.1 Å². The first kappa shape index (κ1) is 14.7. The number of benzene rings is 1. The van der Waals surface area contributed by atoms with Crippen molar-refractivity contribution in [2.24, 2.45) is 5.92 Å². The third-order valence-electron chi connectivity index (χ3n) is 3.74. The van der Waals surface area contributed by atoms with Gasteiger partial charge in [-0.1, -0.05) is 42.5 Å². The number of hydrogen-bond donors (Lipinski definition) is 1. The molecule has 1 aliphatic carbocycles. The minimum atomic E-state index is -0.0870. The predicted octanol–water partition coefficient (Wildman–Crippen LogP) is 4.78. The molecule has 1 saturated carbocycles. The van der Waals surface area contributed by atoms with Gasteiger partial charge in [0.2, 0.25) is 0 Å². The first-order valence-electron chi connectivity index (χ1n) is 6.77. The number of rotatable bonds is 2.